The molecule has 0 saturated carbocycles. The number of hydrogen-bond donors (Lipinski definition) is 1. The summed E-state index contributed by atoms with van der Waals surface area (Å²) in [5.41, 5.74) is 7.70. The van der Waals surface area contributed by atoms with Crippen molar-refractivity contribution in [1.82, 2.24) is 10.1 Å². The van der Waals surface area contributed by atoms with Crippen LogP contribution in [0.3, 0.4) is 0 Å². The minimum Gasteiger partial charge on any atom is -0.455 e. The predicted octanol–water partition coefficient (Wildman–Crippen LogP) is 3.02. The molecule has 0 radical (unpaired) electrons. The van der Waals surface area contributed by atoms with Gasteiger partial charge in [-0.1, -0.05) is 36.3 Å². The Labute approximate surface area is 116 Å². The van der Waals surface area contributed by atoms with Gasteiger partial charge in [-0.2, -0.15) is 4.98 Å². The molecule has 1 aromatic carbocycles. The Kier molecular flexibility index (Phi) is 3.35. The Morgan fingerprint density at radius 1 is 1.10 bits per heavy atom. The van der Waals surface area contributed by atoms with E-state index in [2.05, 4.69) is 29.2 Å². The van der Waals surface area contributed by atoms with E-state index in [9.17, 15) is 0 Å². The van der Waals surface area contributed by atoms with E-state index in [1.54, 1.807) is 12.1 Å². The Bertz CT molecular complexity index is 698. The third-order valence-electron chi connectivity index (χ3n) is 3.12. The SMILES string of the molecule is CCc1ccc(-c2noc(-c3ccc(CN)o3)n2)cc1. The molecule has 3 aromatic rings. The first-order chi connectivity index (χ1) is 9.80. The van der Waals surface area contributed by atoms with E-state index in [-0.39, 0.29) is 0 Å². The molecule has 0 aliphatic heterocycles. The van der Waals surface area contributed by atoms with Crippen LogP contribution in [0, 0.1) is 0 Å². The number of furan rings is 1. The average molecular weight is 269 g/mol. The number of aryl methyl sites for hydroxylation is 1. The molecule has 0 aliphatic carbocycles. The molecule has 3 rings (SSSR count). The van der Waals surface area contributed by atoms with Crippen molar-refractivity contribution in [3.05, 3.63) is 47.7 Å². The summed E-state index contributed by atoms with van der Waals surface area (Å²) < 4.78 is 10.7. The van der Waals surface area contributed by atoms with Crippen LogP contribution in [0.1, 0.15) is 18.2 Å². The molecule has 0 unspecified atom stereocenters. The minimum absolute atomic E-state index is 0.347. The van der Waals surface area contributed by atoms with Crippen molar-refractivity contribution in [2.75, 3.05) is 0 Å². The van der Waals surface area contributed by atoms with Crippen LogP contribution in [0.2, 0.25) is 0 Å². The van der Waals surface area contributed by atoms with Crippen LogP contribution in [-0.2, 0) is 13.0 Å². The second-order valence-electron chi connectivity index (χ2n) is 4.44. The first kappa shape index (κ1) is 12.6. The van der Waals surface area contributed by atoms with Gasteiger partial charge in [-0.05, 0) is 24.1 Å². The highest BCUT2D eigenvalue weighted by molar-refractivity contribution is 5.57. The maximum absolute atomic E-state index is 5.50. The number of hydrogen-bond acceptors (Lipinski definition) is 5. The number of aromatic nitrogens is 2. The fourth-order valence-electron chi connectivity index (χ4n) is 1.93. The van der Waals surface area contributed by atoms with Crippen LogP contribution in [0.15, 0.2) is 45.3 Å². The van der Waals surface area contributed by atoms with Crippen LogP contribution < -0.4 is 5.73 Å². The fourth-order valence-corrected chi connectivity index (χ4v) is 1.93. The van der Waals surface area contributed by atoms with Gasteiger partial charge in [0.15, 0.2) is 5.76 Å². The second-order valence-corrected chi connectivity index (χ2v) is 4.44. The Morgan fingerprint density at radius 3 is 2.55 bits per heavy atom. The van der Waals surface area contributed by atoms with Crippen molar-refractivity contribution < 1.29 is 8.94 Å². The molecule has 2 aromatic heterocycles. The molecule has 5 heteroatoms. The molecular formula is C15H15N3O2. The number of nitrogens with two attached hydrogens (primary N) is 1. The molecule has 0 amide bonds. The van der Waals surface area contributed by atoms with Crippen molar-refractivity contribution in [2.45, 2.75) is 19.9 Å². The number of benzene rings is 1. The van der Waals surface area contributed by atoms with Gasteiger partial charge in [0.1, 0.15) is 5.76 Å². The Balaban J connectivity index is 1.88. The summed E-state index contributed by atoms with van der Waals surface area (Å²) in [5, 5.41) is 3.98. The van der Waals surface area contributed by atoms with E-state index in [4.69, 9.17) is 14.7 Å². The predicted molar refractivity (Wildman–Crippen MR) is 74.7 cm³/mol. The van der Waals surface area contributed by atoms with Gasteiger partial charge in [0.2, 0.25) is 5.82 Å². The van der Waals surface area contributed by atoms with Crippen molar-refractivity contribution in [1.29, 1.82) is 0 Å². The summed E-state index contributed by atoms with van der Waals surface area (Å²) in [5.74, 6) is 2.13. The van der Waals surface area contributed by atoms with E-state index in [1.165, 1.54) is 5.56 Å². The van der Waals surface area contributed by atoms with Crippen molar-refractivity contribution >= 4 is 0 Å². The molecule has 0 atom stereocenters. The maximum Gasteiger partial charge on any atom is 0.293 e. The van der Waals surface area contributed by atoms with E-state index in [1.807, 2.05) is 12.1 Å². The Morgan fingerprint density at radius 2 is 1.90 bits per heavy atom. The Hall–Kier alpha value is -2.40. The van der Waals surface area contributed by atoms with Gasteiger partial charge in [-0.15, -0.1) is 0 Å². The summed E-state index contributed by atoms with van der Waals surface area (Å²) in [7, 11) is 0. The zero-order valence-electron chi connectivity index (χ0n) is 11.2. The first-order valence-corrected chi connectivity index (χ1v) is 6.52. The third-order valence-corrected chi connectivity index (χ3v) is 3.12. The fraction of sp³-hybridized carbons (Fsp3) is 0.200. The maximum atomic E-state index is 5.50. The molecule has 102 valence electrons. The van der Waals surface area contributed by atoms with Crippen molar-refractivity contribution in [3.63, 3.8) is 0 Å². The number of nitrogens with zero attached hydrogens (tertiary/aromatic N) is 2. The van der Waals surface area contributed by atoms with E-state index in [0.29, 0.717) is 29.8 Å². The standard InChI is InChI=1S/C15H15N3O2/c1-2-10-3-5-11(6-4-10)14-17-15(20-18-14)13-8-7-12(9-16)19-13/h3-8H,2,9,16H2,1H3. The van der Waals surface area contributed by atoms with Crippen LogP contribution in [0.5, 0.6) is 0 Å². The van der Waals surface area contributed by atoms with E-state index >= 15 is 0 Å². The average Bonchev–Trinajstić information content (AvgIpc) is 3.16. The highest BCUT2D eigenvalue weighted by Gasteiger charge is 2.13. The topological polar surface area (TPSA) is 78.1 Å². The molecule has 2 heterocycles. The molecule has 0 saturated heterocycles. The zero-order valence-corrected chi connectivity index (χ0v) is 11.2. The van der Waals surface area contributed by atoms with E-state index < -0.39 is 0 Å². The van der Waals surface area contributed by atoms with Gasteiger partial charge < -0.3 is 14.7 Å². The summed E-state index contributed by atoms with van der Waals surface area (Å²) in [4.78, 5) is 4.34. The summed E-state index contributed by atoms with van der Waals surface area (Å²) in [6.07, 6.45) is 1.01. The molecule has 0 fully saturated rings. The van der Waals surface area contributed by atoms with Crippen LogP contribution >= 0.6 is 0 Å². The van der Waals surface area contributed by atoms with Gasteiger partial charge in [0.25, 0.3) is 5.89 Å². The molecule has 2 N–H and O–H groups in total. The van der Waals surface area contributed by atoms with Gasteiger partial charge in [-0.25, -0.2) is 0 Å². The van der Waals surface area contributed by atoms with Crippen LogP contribution in [0.4, 0.5) is 0 Å². The minimum atomic E-state index is 0.347. The van der Waals surface area contributed by atoms with Crippen LogP contribution in [-0.4, -0.2) is 10.1 Å². The molecule has 5 nitrogen and oxygen atoms in total. The second kappa shape index (κ2) is 5.30. The lowest BCUT2D eigenvalue weighted by molar-refractivity contribution is 0.412. The molecule has 20 heavy (non-hydrogen) atoms. The molecular weight excluding hydrogens is 254 g/mol. The van der Waals surface area contributed by atoms with Gasteiger partial charge in [0, 0.05) is 5.56 Å². The first-order valence-electron chi connectivity index (χ1n) is 6.52. The quantitative estimate of drug-likeness (QED) is 0.787. The largest absolute Gasteiger partial charge is 0.455 e. The highest BCUT2D eigenvalue weighted by atomic mass is 16.5. The summed E-state index contributed by atoms with van der Waals surface area (Å²) in [6, 6.07) is 11.7. The zero-order chi connectivity index (χ0) is 13.9. The van der Waals surface area contributed by atoms with Crippen molar-refractivity contribution in [2.24, 2.45) is 5.73 Å². The lowest BCUT2D eigenvalue weighted by Crippen LogP contribution is -1.92. The molecule has 0 aliphatic rings. The molecule has 0 bridgehead atoms. The lowest BCUT2D eigenvalue weighted by Gasteiger charge is -1.97. The molecule has 0 spiro atoms. The number of rotatable bonds is 4. The summed E-state index contributed by atoms with van der Waals surface area (Å²) in [6.45, 7) is 2.47. The third kappa shape index (κ3) is 2.35. The van der Waals surface area contributed by atoms with Gasteiger partial charge in [-0.3, -0.25) is 0 Å². The van der Waals surface area contributed by atoms with Crippen molar-refractivity contribution in [3.8, 4) is 23.0 Å². The smallest absolute Gasteiger partial charge is 0.293 e. The van der Waals surface area contributed by atoms with Gasteiger partial charge >= 0.3 is 0 Å². The lowest BCUT2D eigenvalue weighted by atomic mass is 10.1. The summed E-state index contributed by atoms with van der Waals surface area (Å²) >= 11 is 0. The normalized spacial score (nSPS) is 10.9. The van der Waals surface area contributed by atoms with Gasteiger partial charge in [0.05, 0.1) is 6.54 Å². The van der Waals surface area contributed by atoms with Crippen LogP contribution in [0.25, 0.3) is 23.0 Å². The highest BCUT2D eigenvalue weighted by Crippen LogP contribution is 2.24. The monoisotopic (exact) mass is 269 g/mol. The van der Waals surface area contributed by atoms with E-state index in [0.717, 1.165) is 12.0 Å².